The van der Waals surface area contributed by atoms with Crippen molar-refractivity contribution in [3.63, 3.8) is 0 Å². The third kappa shape index (κ3) is 6.24. The highest BCUT2D eigenvalue weighted by Crippen LogP contribution is 2.39. The Kier molecular flexibility index (Phi) is 6.05. The molecule has 3 nitrogen and oxygen atoms in total. The van der Waals surface area contributed by atoms with Crippen LogP contribution in [0, 0.1) is 5.92 Å². The van der Waals surface area contributed by atoms with Crippen LogP contribution in [0.5, 0.6) is 0 Å². The lowest BCUT2D eigenvalue weighted by atomic mass is 9.94. The molecule has 1 rings (SSSR count). The molecule has 3 heteroatoms. The molecule has 0 aromatic rings. The van der Waals surface area contributed by atoms with E-state index in [0.717, 1.165) is 24.3 Å². The molecule has 0 bridgehead atoms. The summed E-state index contributed by atoms with van der Waals surface area (Å²) in [7, 11) is 1.41. The van der Waals surface area contributed by atoms with Gasteiger partial charge >= 0.3 is 5.97 Å². The Balaban J connectivity index is 2.08. The molecule has 2 atom stereocenters. The van der Waals surface area contributed by atoms with Crippen LogP contribution in [-0.4, -0.2) is 24.8 Å². The van der Waals surface area contributed by atoms with Crippen molar-refractivity contribution < 1.29 is 14.3 Å². The molecular formula is C16H28O3. The third-order valence-corrected chi connectivity index (χ3v) is 3.92. The van der Waals surface area contributed by atoms with Crippen LogP contribution in [0.1, 0.15) is 59.8 Å². The molecule has 2 unspecified atom stereocenters. The summed E-state index contributed by atoms with van der Waals surface area (Å²) in [6, 6.07) is 0. The summed E-state index contributed by atoms with van der Waals surface area (Å²) < 4.78 is 10.2. The van der Waals surface area contributed by atoms with E-state index in [-0.39, 0.29) is 11.6 Å². The van der Waals surface area contributed by atoms with Gasteiger partial charge in [0.2, 0.25) is 0 Å². The van der Waals surface area contributed by atoms with Gasteiger partial charge in [0.05, 0.1) is 18.8 Å². The minimum atomic E-state index is -0.251. The average Bonchev–Trinajstić information content (AvgIpc) is 2.94. The molecule has 0 spiro atoms. The van der Waals surface area contributed by atoms with E-state index in [4.69, 9.17) is 4.74 Å². The molecule has 19 heavy (non-hydrogen) atoms. The van der Waals surface area contributed by atoms with Gasteiger partial charge in [0.1, 0.15) is 0 Å². The number of hydrogen-bond acceptors (Lipinski definition) is 3. The first kappa shape index (κ1) is 16.2. The van der Waals surface area contributed by atoms with Gasteiger partial charge in [0.25, 0.3) is 0 Å². The first-order chi connectivity index (χ1) is 8.85. The number of allylic oxidation sites excluding steroid dienone is 1. The summed E-state index contributed by atoms with van der Waals surface area (Å²) >= 11 is 0. The quantitative estimate of drug-likeness (QED) is 0.381. The maximum atomic E-state index is 11.1. The molecule has 0 amide bonds. The SMILES string of the molecule is COC(=O)/C=C(\C)CCCC(C)CCC1OC1(C)C. The third-order valence-electron chi connectivity index (χ3n) is 3.92. The van der Waals surface area contributed by atoms with Gasteiger partial charge < -0.3 is 9.47 Å². The smallest absolute Gasteiger partial charge is 0.330 e. The predicted molar refractivity (Wildman–Crippen MR) is 77.0 cm³/mol. The van der Waals surface area contributed by atoms with Gasteiger partial charge in [-0.05, 0) is 52.4 Å². The van der Waals surface area contributed by atoms with Crippen LogP contribution in [-0.2, 0) is 14.3 Å². The summed E-state index contributed by atoms with van der Waals surface area (Å²) in [5, 5.41) is 0. The van der Waals surface area contributed by atoms with Gasteiger partial charge in [-0.1, -0.05) is 18.9 Å². The van der Waals surface area contributed by atoms with Crippen LogP contribution in [0.4, 0.5) is 0 Å². The number of carbonyl (C=O) groups is 1. The van der Waals surface area contributed by atoms with Gasteiger partial charge in [-0.15, -0.1) is 0 Å². The van der Waals surface area contributed by atoms with E-state index in [2.05, 4.69) is 25.5 Å². The zero-order valence-electron chi connectivity index (χ0n) is 13.0. The fraction of sp³-hybridized carbons (Fsp3) is 0.812. The van der Waals surface area contributed by atoms with E-state index in [9.17, 15) is 4.79 Å². The van der Waals surface area contributed by atoms with Crippen LogP contribution >= 0.6 is 0 Å². The average molecular weight is 268 g/mol. The van der Waals surface area contributed by atoms with Gasteiger partial charge in [-0.25, -0.2) is 4.79 Å². The molecule has 1 aliphatic rings. The molecule has 0 N–H and O–H groups in total. The number of hydrogen-bond donors (Lipinski definition) is 0. The maximum Gasteiger partial charge on any atom is 0.330 e. The predicted octanol–water partition coefficient (Wildman–Crippen LogP) is 3.87. The second-order valence-corrected chi connectivity index (χ2v) is 6.30. The van der Waals surface area contributed by atoms with E-state index in [1.807, 2.05) is 6.92 Å². The molecule has 0 aliphatic carbocycles. The highest BCUT2D eigenvalue weighted by atomic mass is 16.6. The summed E-state index contributed by atoms with van der Waals surface area (Å²) in [6.45, 7) is 8.60. The topological polar surface area (TPSA) is 38.8 Å². The Morgan fingerprint density at radius 1 is 1.42 bits per heavy atom. The van der Waals surface area contributed by atoms with Gasteiger partial charge in [0.15, 0.2) is 0 Å². The first-order valence-corrected chi connectivity index (χ1v) is 7.28. The van der Waals surface area contributed by atoms with Crippen molar-refractivity contribution in [1.29, 1.82) is 0 Å². The van der Waals surface area contributed by atoms with E-state index in [0.29, 0.717) is 6.10 Å². The number of rotatable bonds is 8. The van der Waals surface area contributed by atoms with Crippen LogP contribution in [0.3, 0.4) is 0 Å². The molecule has 0 aromatic carbocycles. The molecule has 1 heterocycles. The number of ether oxygens (including phenoxy) is 2. The minimum absolute atomic E-state index is 0.125. The van der Waals surface area contributed by atoms with Crippen molar-refractivity contribution in [2.75, 3.05) is 7.11 Å². The number of esters is 1. The molecule has 110 valence electrons. The number of carbonyl (C=O) groups excluding carboxylic acids is 1. The van der Waals surface area contributed by atoms with Crippen molar-refractivity contribution in [1.82, 2.24) is 0 Å². The molecular weight excluding hydrogens is 240 g/mol. The lowest BCUT2D eigenvalue weighted by molar-refractivity contribution is -0.134. The van der Waals surface area contributed by atoms with Crippen molar-refractivity contribution >= 4 is 5.97 Å². The lowest BCUT2D eigenvalue weighted by Crippen LogP contribution is -2.05. The van der Waals surface area contributed by atoms with Crippen molar-refractivity contribution in [3.05, 3.63) is 11.6 Å². The van der Waals surface area contributed by atoms with Crippen LogP contribution in [0.25, 0.3) is 0 Å². The Hall–Kier alpha value is -0.830. The zero-order valence-corrected chi connectivity index (χ0v) is 13.0. The number of methoxy groups -OCH3 is 1. The van der Waals surface area contributed by atoms with Crippen molar-refractivity contribution in [2.45, 2.75) is 71.5 Å². The van der Waals surface area contributed by atoms with Crippen molar-refractivity contribution in [2.24, 2.45) is 5.92 Å². The molecule has 0 radical (unpaired) electrons. The zero-order chi connectivity index (χ0) is 14.5. The summed E-state index contributed by atoms with van der Waals surface area (Å²) in [5.74, 6) is 0.476. The summed E-state index contributed by atoms with van der Waals surface area (Å²) in [5.41, 5.74) is 1.23. The minimum Gasteiger partial charge on any atom is -0.466 e. The Morgan fingerprint density at radius 2 is 2.05 bits per heavy atom. The lowest BCUT2D eigenvalue weighted by Gasteiger charge is -2.10. The summed E-state index contributed by atoms with van der Waals surface area (Å²) in [4.78, 5) is 11.1. The fourth-order valence-corrected chi connectivity index (χ4v) is 2.38. The fourth-order valence-electron chi connectivity index (χ4n) is 2.38. The normalized spacial score (nSPS) is 23.0. The largest absolute Gasteiger partial charge is 0.466 e. The van der Waals surface area contributed by atoms with Crippen molar-refractivity contribution in [3.8, 4) is 0 Å². The van der Waals surface area contributed by atoms with E-state index >= 15 is 0 Å². The second kappa shape index (κ2) is 7.09. The Labute approximate surface area is 117 Å². The van der Waals surface area contributed by atoms with E-state index in [1.54, 1.807) is 6.08 Å². The van der Waals surface area contributed by atoms with Crippen LogP contribution < -0.4 is 0 Å². The summed E-state index contributed by atoms with van der Waals surface area (Å²) in [6.07, 6.45) is 7.78. The first-order valence-electron chi connectivity index (χ1n) is 7.28. The van der Waals surface area contributed by atoms with Gasteiger partial charge in [-0.3, -0.25) is 0 Å². The highest BCUT2D eigenvalue weighted by Gasteiger charge is 2.46. The standard InChI is InChI=1S/C16H28O3/c1-12(9-10-14-16(3,4)19-14)7-6-8-13(2)11-15(17)18-5/h11-12,14H,6-10H2,1-5H3/b13-11+. The van der Waals surface area contributed by atoms with Gasteiger partial charge in [0, 0.05) is 6.08 Å². The molecule has 0 saturated carbocycles. The second-order valence-electron chi connectivity index (χ2n) is 6.30. The number of epoxide rings is 1. The van der Waals surface area contributed by atoms with Gasteiger partial charge in [-0.2, -0.15) is 0 Å². The monoisotopic (exact) mass is 268 g/mol. The highest BCUT2D eigenvalue weighted by molar-refractivity contribution is 5.82. The Morgan fingerprint density at radius 3 is 2.58 bits per heavy atom. The van der Waals surface area contributed by atoms with E-state index in [1.165, 1.54) is 26.4 Å². The van der Waals surface area contributed by atoms with E-state index < -0.39 is 0 Å². The van der Waals surface area contributed by atoms with Crippen LogP contribution in [0.2, 0.25) is 0 Å². The molecule has 1 fully saturated rings. The molecule has 0 aromatic heterocycles. The van der Waals surface area contributed by atoms with Crippen LogP contribution in [0.15, 0.2) is 11.6 Å². The molecule has 1 aliphatic heterocycles. The molecule has 1 saturated heterocycles. The maximum absolute atomic E-state index is 11.1. The Bertz CT molecular complexity index is 331.